The molecule has 0 saturated carbocycles. The van der Waals surface area contributed by atoms with Gasteiger partial charge in [0.1, 0.15) is 0 Å². The van der Waals surface area contributed by atoms with Gasteiger partial charge >= 0.3 is 0 Å². The van der Waals surface area contributed by atoms with Gasteiger partial charge in [0, 0.05) is 5.92 Å². The molecule has 126 valence electrons. The molecule has 0 fully saturated rings. The minimum absolute atomic E-state index is 0.453. The van der Waals surface area contributed by atoms with Crippen LogP contribution in [0.4, 0.5) is 0 Å². The standard InChI is InChI=1S/C25H26/c1-19-11-13-22(14-12-19)25(17-20-7-3-2-4-8-20)24-16-15-21-9-5-6-10-23(21)18-24/h5-7,9-16,18,25H,2-4,8,17H2,1H3. The summed E-state index contributed by atoms with van der Waals surface area (Å²) in [5.41, 5.74) is 5.85. The van der Waals surface area contributed by atoms with Crippen LogP contribution in [0, 0.1) is 6.92 Å². The van der Waals surface area contributed by atoms with Crippen molar-refractivity contribution < 1.29 is 0 Å². The second-order valence-electron chi connectivity index (χ2n) is 7.38. The van der Waals surface area contributed by atoms with Gasteiger partial charge in [-0.05, 0) is 60.9 Å². The van der Waals surface area contributed by atoms with Gasteiger partial charge in [-0.1, -0.05) is 83.9 Å². The average molecular weight is 326 g/mol. The Hall–Kier alpha value is -2.34. The third-order valence-corrected chi connectivity index (χ3v) is 5.51. The first-order valence-corrected chi connectivity index (χ1v) is 9.53. The molecular formula is C25H26. The number of benzene rings is 3. The summed E-state index contributed by atoms with van der Waals surface area (Å²) in [4.78, 5) is 0. The lowest BCUT2D eigenvalue weighted by Gasteiger charge is -2.22. The Morgan fingerprint density at radius 1 is 0.800 bits per heavy atom. The first kappa shape index (κ1) is 16.1. The van der Waals surface area contributed by atoms with Crippen molar-refractivity contribution in [3.8, 4) is 0 Å². The lowest BCUT2D eigenvalue weighted by Crippen LogP contribution is -2.05. The van der Waals surface area contributed by atoms with Crippen LogP contribution in [0.5, 0.6) is 0 Å². The molecule has 0 nitrogen and oxygen atoms in total. The maximum absolute atomic E-state index is 2.49. The van der Waals surface area contributed by atoms with Gasteiger partial charge in [0.25, 0.3) is 0 Å². The van der Waals surface area contributed by atoms with E-state index in [1.807, 2.05) is 0 Å². The zero-order valence-electron chi connectivity index (χ0n) is 15.0. The molecule has 0 aromatic heterocycles. The Balaban J connectivity index is 1.74. The predicted molar refractivity (Wildman–Crippen MR) is 108 cm³/mol. The molecule has 0 N–H and O–H groups in total. The second-order valence-corrected chi connectivity index (χ2v) is 7.38. The Morgan fingerprint density at radius 2 is 1.56 bits per heavy atom. The van der Waals surface area contributed by atoms with Crippen LogP contribution in [0.3, 0.4) is 0 Å². The number of aryl methyl sites for hydroxylation is 1. The Labute approximate surface area is 151 Å². The van der Waals surface area contributed by atoms with E-state index in [1.165, 1.54) is 53.1 Å². The van der Waals surface area contributed by atoms with Crippen LogP contribution in [0.15, 0.2) is 78.4 Å². The van der Waals surface area contributed by atoms with E-state index in [1.54, 1.807) is 5.57 Å². The minimum Gasteiger partial charge on any atom is -0.0853 e. The van der Waals surface area contributed by atoms with Crippen molar-refractivity contribution in [2.45, 2.75) is 44.9 Å². The van der Waals surface area contributed by atoms with Crippen molar-refractivity contribution >= 4 is 10.8 Å². The Morgan fingerprint density at radius 3 is 2.32 bits per heavy atom. The van der Waals surface area contributed by atoms with Crippen molar-refractivity contribution in [3.05, 3.63) is 95.1 Å². The molecule has 4 rings (SSSR count). The van der Waals surface area contributed by atoms with Crippen LogP contribution in [-0.2, 0) is 0 Å². The molecule has 25 heavy (non-hydrogen) atoms. The van der Waals surface area contributed by atoms with Gasteiger partial charge in [-0.3, -0.25) is 0 Å². The summed E-state index contributed by atoms with van der Waals surface area (Å²) in [7, 11) is 0. The lowest BCUT2D eigenvalue weighted by molar-refractivity contribution is 0.653. The highest BCUT2D eigenvalue weighted by molar-refractivity contribution is 5.83. The molecule has 0 heterocycles. The van der Waals surface area contributed by atoms with E-state index >= 15 is 0 Å². The molecule has 0 saturated heterocycles. The molecule has 0 amide bonds. The fourth-order valence-corrected chi connectivity index (χ4v) is 4.00. The minimum atomic E-state index is 0.453. The van der Waals surface area contributed by atoms with E-state index in [-0.39, 0.29) is 0 Å². The van der Waals surface area contributed by atoms with Crippen LogP contribution in [-0.4, -0.2) is 0 Å². The molecule has 0 bridgehead atoms. The molecule has 0 spiro atoms. The van der Waals surface area contributed by atoms with E-state index in [9.17, 15) is 0 Å². The molecule has 0 aliphatic heterocycles. The molecule has 1 aliphatic rings. The molecule has 0 heteroatoms. The van der Waals surface area contributed by atoms with Crippen LogP contribution in [0.2, 0.25) is 0 Å². The van der Waals surface area contributed by atoms with Gasteiger partial charge in [-0.15, -0.1) is 0 Å². The molecule has 1 aliphatic carbocycles. The predicted octanol–water partition coefficient (Wildman–Crippen LogP) is 7.17. The summed E-state index contributed by atoms with van der Waals surface area (Å²) >= 11 is 0. The topological polar surface area (TPSA) is 0 Å². The van der Waals surface area contributed by atoms with E-state index in [4.69, 9.17) is 0 Å². The summed E-state index contributed by atoms with van der Waals surface area (Å²) in [5, 5.41) is 2.67. The molecule has 3 aromatic rings. The number of hydrogen-bond acceptors (Lipinski definition) is 0. The van der Waals surface area contributed by atoms with E-state index in [2.05, 4.69) is 79.7 Å². The molecular weight excluding hydrogens is 300 g/mol. The maximum atomic E-state index is 2.49. The fraction of sp³-hybridized carbons (Fsp3) is 0.280. The molecule has 0 radical (unpaired) electrons. The number of allylic oxidation sites excluding steroid dienone is 2. The highest BCUT2D eigenvalue weighted by Gasteiger charge is 2.17. The highest BCUT2D eigenvalue weighted by atomic mass is 14.2. The monoisotopic (exact) mass is 326 g/mol. The summed E-state index contributed by atoms with van der Waals surface area (Å²) in [6, 6.07) is 24.8. The Bertz CT molecular complexity index is 883. The molecule has 1 unspecified atom stereocenters. The average Bonchev–Trinajstić information content (AvgIpc) is 2.67. The third-order valence-electron chi connectivity index (χ3n) is 5.51. The number of rotatable bonds is 4. The quantitative estimate of drug-likeness (QED) is 0.446. The first-order chi connectivity index (χ1) is 12.3. The van der Waals surface area contributed by atoms with Crippen molar-refractivity contribution in [1.82, 2.24) is 0 Å². The van der Waals surface area contributed by atoms with Gasteiger partial charge in [0.2, 0.25) is 0 Å². The van der Waals surface area contributed by atoms with Gasteiger partial charge in [-0.25, -0.2) is 0 Å². The van der Waals surface area contributed by atoms with Gasteiger partial charge < -0.3 is 0 Å². The van der Waals surface area contributed by atoms with Crippen LogP contribution >= 0.6 is 0 Å². The van der Waals surface area contributed by atoms with Gasteiger partial charge in [0.15, 0.2) is 0 Å². The summed E-state index contributed by atoms with van der Waals surface area (Å²) < 4.78 is 0. The molecule has 3 aromatic carbocycles. The number of hydrogen-bond donors (Lipinski definition) is 0. The van der Waals surface area contributed by atoms with Crippen molar-refractivity contribution in [2.24, 2.45) is 0 Å². The largest absolute Gasteiger partial charge is 0.0853 e. The maximum Gasteiger partial charge on any atom is 0.0127 e. The van der Waals surface area contributed by atoms with Crippen LogP contribution < -0.4 is 0 Å². The van der Waals surface area contributed by atoms with Crippen molar-refractivity contribution in [3.63, 3.8) is 0 Å². The summed E-state index contributed by atoms with van der Waals surface area (Å²) in [6.45, 7) is 2.17. The summed E-state index contributed by atoms with van der Waals surface area (Å²) in [5.74, 6) is 0.453. The van der Waals surface area contributed by atoms with Crippen molar-refractivity contribution in [2.75, 3.05) is 0 Å². The van der Waals surface area contributed by atoms with Gasteiger partial charge in [0.05, 0.1) is 0 Å². The first-order valence-electron chi connectivity index (χ1n) is 9.53. The third kappa shape index (κ3) is 3.69. The van der Waals surface area contributed by atoms with Crippen LogP contribution in [0.25, 0.3) is 10.8 Å². The highest BCUT2D eigenvalue weighted by Crippen LogP contribution is 2.35. The lowest BCUT2D eigenvalue weighted by atomic mass is 9.82. The van der Waals surface area contributed by atoms with E-state index < -0.39 is 0 Å². The second kappa shape index (κ2) is 7.27. The van der Waals surface area contributed by atoms with E-state index in [0.29, 0.717) is 5.92 Å². The van der Waals surface area contributed by atoms with Gasteiger partial charge in [-0.2, -0.15) is 0 Å². The zero-order valence-corrected chi connectivity index (χ0v) is 15.0. The SMILES string of the molecule is Cc1ccc(C(CC2=CCCCC2)c2ccc3ccccc3c2)cc1. The number of fused-ring (bicyclic) bond motifs is 1. The summed E-state index contributed by atoms with van der Waals surface area (Å²) in [6.07, 6.45) is 8.88. The zero-order chi connectivity index (χ0) is 17.1. The smallest absolute Gasteiger partial charge is 0.0127 e. The Kier molecular flexibility index (Phi) is 4.70. The fourth-order valence-electron chi connectivity index (χ4n) is 4.00. The molecule has 1 atom stereocenters. The normalized spacial score (nSPS) is 15.8. The van der Waals surface area contributed by atoms with Crippen molar-refractivity contribution in [1.29, 1.82) is 0 Å². The van der Waals surface area contributed by atoms with E-state index in [0.717, 1.165) is 6.42 Å². The van der Waals surface area contributed by atoms with Crippen LogP contribution in [0.1, 0.15) is 54.7 Å².